The molecule has 2 bridgehead atoms. The molecule has 7 nitrogen and oxygen atoms in total. The Morgan fingerprint density at radius 3 is 2.97 bits per heavy atom. The molecule has 1 saturated heterocycles. The Labute approximate surface area is 176 Å². The Hall–Kier alpha value is -2.28. The van der Waals surface area contributed by atoms with E-state index in [1.807, 2.05) is 6.07 Å². The SMILES string of the molecule is CC(=O)N[C@H]1CCC2[C@H]3Cc4ccc(OCCCC(=O)O)c5c4[C@@]2(CCN3C)[C@H]1O5. The van der Waals surface area contributed by atoms with Crippen LogP contribution in [0.4, 0.5) is 0 Å². The zero-order chi connectivity index (χ0) is 21.0. The van der Waals surface area contributed by atoms with Gasteiger partial charge in [0.1, 0.15) is 6.10 Å². The quantitative estimate of drug-likeness (QED) is 0.693. The molecule has 4 aliphatic rings. The normalized spacial score (nSPS) is 33.4. The molecule has 2 fully saturated rings. The summed E-state index contributed by atoms with van der Waals surface area (Å²) in [4.78, 5) is 25.2. The van der Waals surface area contributed by atoms with E-state index in [0.29, 0.717) is 30.7 Å². The molecule has 1 saturated carbocycles. The monoisotopic (exact) mass is 414 g/mol. The van der Waals surface area contributed by atoms with Crippen LogP contribution in [0.1, 0.15) is 50.2 Å². The van der Waals surface area contributed by atoms with Gasteiger partial charge in [-0.1, -0.05) is 6.07 Å². The second-order valence-electron chi connectivity index (χ2n) is 9.34. The number of carboxylic acids is 1. The highest BCUT2D eigenvalue weighted by molar-refractivity contribution is 5.73. The summed E-state index contributed by atoms with van der Waals surface area (Å²) in [5, 5.41) is 12.0. The first-order valence-electron chi connectivity index (χ1n) is 11.1. The lowest BCUT2D eigenvalue weighted by molar-refractivity contribution is -0.137. The summed E-state index contributed by atoms with van der Waals surface area (Å²) < 4.78 is 12.7. The van der Waals surface area contributed by atoms with Crippen molar-refractivity contribution in [3.05, 3.63) is 23.3 Å². The van der Waals surface area contributed by atoms with Crippen LogP contribution in [0.3, 0.4) is 0 Å². The van der Waals surface area contributed by atoms with Crippen molar-refractivity contribution in [1.29, 1.82) is 0 Å². The maximum atomic E-state index is 11.9. The van der Waals surface area contributed by atoms with Crippen molar-refractivity contribution in [2.45, 2.75) is 69.1 Å². The van der Waals surface area contributed by atoms with Gasteiger partial charge in [-0.2, -0.15) is 0 Å². The Kier molecular flexibility index (Phi) is 4.69. The van der Waals surface area contributed by atoms with Crippen LogP contribution in [0.15, 0.2) is 12.1 Å². The maximum Gasteiger partial charge on any atom is 0.303 e. The fourth-order valence-electron chi connectivity index (χ4n) is 6.66. The molecule has 2 N–H and O–H groups in total. The summed E-state index contributed by atoms with van der Waals surface area (Å²) in [6, 6.07) is 4.65. The van der Waals surface area contributed by atoms with E-state index >= 15 is 0 Å². The van der Waals surface area contributed by atoms with Crippen LogP contribution in [0.2, 0.25) is 0 Å². The molecular weight excluding hydrogens is 384 g/mol. The molecule has 2 aliphatic heterocycles. The molecule has 5 atom stereocenters. The minimum absolute atomic E-state index is 0.000941. The third-order valence-electron chi connectivity index (χ3n) is 7.76. The molecule has 5 rings (SSSR count). The van der Waals surface area contributed by atoms with Gasteiger partial charge in [0, 0.05) is 30.4 Å². The number of carbonyl (C=O) groups is 2. The lowest BCUT2D eigenvalue weighted by Crippen LogP contribution is -2.68. The molecule has 2 heterocycles. The predicted octanol–water partition coefficient (Wildman–Crippen LogP) is 2.10. The van der Waals surface area contributed by atoms with Gasteiger partial charge in [-0.25, -0.2) is 0 Å². The van der Waals surface area contributed by atoms with Crippen molar-refractivity contribution in [2.24, 2.45) is 5.92 Å². The summed E-state index contributed by atoms with van der Waals surface area (Å²) in [6.45, 7) is 2.95. The van der Waals surface area contributed by atoms with E-state index < -0.39 is 5.97 Å². The second kappa shape index (κ2) is 7.15. The molecule has 2 aliphatic carbocycles. The number of nitrogens with one attached hydrogen (secondary N) is 1. The van der Waals surface area contributed by atoms with Gasteiger partial charge in [-0.15, -0.1) is 0 Å². The summed E-state index contributed by atoms with van der Waals surface area (Å²) in [5.74, 6) is 1.23. The maximum absolute atomic E-state index is 11.9. The van der Waals surface area contributed by atoms with E-state index in [2.05, 4.69) is 23.3 Å². The molecule has 0 aromatic heterocycles. The Bertz CT molecular complexity index is 887. The Balaban J connectivity index is 1.54. The molecule has 1 amide bonds. The Morgan fingerprint density at radius 1 is 1.37 bits per heavy atom. The molecule has 30 heavy (non-hydrogen) atoms. The van der Waals surface area contributed by atoms with Gasteiger partial charge in [0.25, 0.3) is 0 Å². The van der Waals surface area contributed by atoms with Gasteiger partial charge in [0.2, 0.25) is 5.91 Å². The lowest BCUT2D eigenvalue weighted by Gasteiger charge is -2.59. The number of likely N-dealkylation sites (N-methyl/N-ethyl adjacent to an activating group) is 1. The predicted molar refractivity (Wildman–Crippen MR) is 110 cm³/mol. The first kappa shape index (κ1) is 19.7. The van der Waals surface area contributed by atoms with E-state index in [-0.39, 0.29) is 29.9 Å². The topological polar surface area (TPSA) is 88.1 Å². The van der Waals surface area contributed by atoms with Crippen LogP contribution in [-0.2, 0) is 21.4 Å². The van der Waals surface area contributed by atoms with E-state index in [0.717, 1.165) is 38.0 Å². The number of nitrogens with zero attached hydrogens (tertiary/aromatic N) is 1. The fourth-order valence-corrected chi connectivity index (χ4v) is 6.66. The zero-order valence-corrected chi connectivity index (χ0v) is 17.6. The van der Waals surface area contributed by atoms with Crippen LogP contribution in [0, 0.1) is 5.92 Å². The summed E-state index contributed by atoms with van der Waals surface area (Å²) in [5.41, 5.74) is 2.56. The second-order valence-corrected chi connectivity index (χ2v) is 9.34. The van der Waals surface area contributed by atoms with Crippen molar-refractivity contribution in [3.8, 4) is 11.5 Å². The fraction of sp³-hybridized carbons (Fsp3) is 0.652. The smallest absolute Gasteiger partial charge is 0.303 e. The molecule has 1 aromatic carbocycles. The average molecular weight is 415 g/mol. The van der Waals surface area contributed by atoms with Crippen LogP contribution in [0.5, 0.6) is 11.5 Å². The van der Waals surface area contributed by atoms with Crippen LogP contribution in [0.25, 0.3) is 0 Å². The minimum Gasteiger partial charge on any atom is -0.490 e. The first-order valence-corrected chi connectivity index (χ1v) is 11.1. The molecule has 1 spiro atoms. The van der Waals surface area contributed by atoms with Crippen LogP contribution >= 0.6 is 0 Å². The number of benzene rings is 1. The number of rotatable bonds is 6. The zero-order valence-electron chi connectivity index (χ0n) is 17.6. The third kappa shape index (κ3) is 2.82. The van der Waals surface area contributed by atoms with Crippen molar-refractivity contribution in [3.63, 3.8) is 0 Å². The lowest BCUT2D eigenvalue weighted by atomic mass is 9.51. The number of hydrogen-bond donors (Lipinski definition) is 2. The van der Waals surface area contributed by atoms with Gasteiger partial charge in [-0.05, 0) is 63.2 Å². The largest absolute Gasteiger partial charge is 0.490 e. The number of carboxylic acid groups (broad SMARTS) is 1. The number of amides is 1. The van der Waals surface area contributed by atoms with Gasteiger partial charge in [-0.3, -0.25) is 9.59 Å². The van der Waals surface area contributed by atoms with Gasteiger partial charge < -0.3 is 24.8 Å². The van der Waals surface area contributed by atoms with Crippen molar-refractivity contribution in [1.82, 2.24) is 10.2 Å². The molecule has 1 aromatic rings. The van der Waals surface area contributed by atoms with E-state index in [1.165, 1.54) is 11.1 Å². The first-order chi connectivity index (χ1) is 14.4. The van der Waals surface area contributed by atoms with E-state index in [4.69, 9.17) is 14.6 Å². The highest BCUT2D eigenvalue weighted by atomic mass is 16.5. The van der Waals surface area contributed by atoms with E-state index in [1.54, 1.807) is 6.92 Å². The minimum atomic E-state index is -0.812. The number of piperidine rings is 1. The van der Waals surface area contributed by atoms with Crippen molar-refractivity contribution in [2.75, 3.05) is 20.2 Å². The summed E-state index contributed by atoms with van der Waals surface area (Å²) in [6.07, 6.45) is 4.54. The molecule has 0 radical (unpaired) electrons. The van der Waals surface area contributed by atoms with Gasteiger partial charge in [0.05, 0.1) is 12.6 Å². The molecule has 7 heteroatoms. The van der Waals surface area contributed by atoms with Gasteiger partial charge >= 0.3 is 5.97 Å². The molecule has 1 unspecified atom stereocenters. The summed E-state index contributed by atoms with van der Waals surface area (Å²) in [7, 11) is 2.23. The number of likely N-dealkylation sites (tertiary alicyclic amines) is 1. The van der Waals surface area contributed by atoms with Crippen molar-refractivity contribution >= 4 is 11.9 Å². The summed E-state index contributed by atoms with van der Waals surface area (Å²) >= 11 is 0. The number of ether oxygens (including phenoxy) is 2. The Morgan fingerprint density at radius 2 is 2.20 bits per heavy atom. The van der Waals surface area contributed by atoms with Crippen LogP contribution in [-0.4, -0.2) is 60.3 Å². The van der Waals surface area contributed by atoms with E-state index in [9.17, 15) is 9.59 Å². The average Bonchev–Trinajstić information content (AvgIpc) is 3.05. The standard InChI is InChI=1S/C23H30N2O5/c1-13(26)24-16-7-6-15-17-12-14-5-8-18(29-11-3-4-19(27)28)21-20(14)23(15,22(16)30-21)9-10-25(17)2/h5,8,15-17,22H,3-4,6-7,9-12H2,1-2H3,(H,24,26)(H,27,28)/t15?,16-,17+,22-,23-/m0/s1. The molecular formula is C23H30N2O5. The number of carbonyl (C=O) groups excluding carboxylic acids is 1. The van der Waals surface area contributed by atoms with Crippen LogP contribution < -0.4 is 14.8 Å². The van der Waals surface area contributed by atoms with Gasteiger partial charge in [0.15, 0.2) is 11.5 Å². The van der Waals surface area contributed by atoms with Crippen molar-refractivity contribution < 1.29 is 24.2 Å². The highest BCUT2D eigenvalue weighted by Gasteiger charge is 2.65. The molecule has 162 valence electrons. The number of hydrogen-bond acceptors (Lipinski definition) is 5. The third-order valence-corrected chi connectivity index (χ3v) is 7.76. The highest BCUT2D eigenvalue weighted by Crippen LogP contribution is 2.63. The number of aliphatic carboxylic acids is 1.